The van der Waals surface area contributed by atoms with E-state index in [0.717, 1.165) is 30.9 Å². The SMILES string of the molecule is CC(=O)C1C(=O)C(C(C)C)[C@@]2(C)C[C@@]3(C)Cc4c(C5=CC=C(CC6CCCC6)C5)ccc(O)c4C(=O)C3C(=O)[C@@]2(O)C1=O. The second-order valence-electron chi connectivity index (χ2n) is 14.9. The fourth-order valence-corrected chi connectivity index (χ4v) is 9.93. The second-order valence-corrected chi connectivity index (χ2v) is 14.9. The summed E-state index contributed by atoms with van der Waals surface area (Å²) in [5.74, 6) is -7.95. The fraction of sp³-hybridized carbons (Fsp3) is 0.583. The normalized spacial score (nSPS) is 35.9. The van der Waals surface area contributed by atoms with Gasteiger partial charge in [-0.3, -0.25) is 24.0 Å². The Morgan fingerprint density at radius 1 is 1.02 bits per heavy atom. The summed E-state index contributed by atoms with van der Waals surface area (Å²) in [5.41, 5.74) is -1.19. The smallest absolute Gasteiger partial charge is 0.190 e. The lowest BCUT2D eigenvalue weighted by molar-refractivity contribution is -0.205. The van der Waals surface area contributed by atoms with Crippen LogP contribution in [-0.2, 0) is 25.6 Å². The number of aliphatic hydroxyl groups is 1. The number of hydrogen-bond acceptors (Lipinski definition) is 7. The minimum Gasteiger partial charge on any atom is -0.507 e. The van der Waals surface area contributed by atoms with Gasteiger partial charge in [0.1, 0.15) is 17.5 Å². The molecular formula is C36H42O7. The van der Waals surface area contributed by atoms with Crippen LogP contribution in [0.15, 0.2) is 29.9 Å². The Labute approximate surface area is 252 Å². The highest BCUT2D eigenvalue weighted by Gasteiger charge is 2.76. The molecule has 5 aliphatic carbocycles. The topological polar surface area (TPSA) is 126 Å². The zero-order valence-corrected chi connectivity index (χ0v) is 25.8. The highest BCUT2D eigenvalue weighted by atomic mass is 16.3. The van der Waals surface area contributed by atoms with E-state index in [0.29, 0.717) is 11.5 Å². The van der Waals surface area contributed by atoms with Gasteiger partial charge < -0.3 is 10.2 Å². The van der Waals surface area contributed by atoms with Crippen molar-refractivity contribution in [3.8, 4) is 5.75 Å². The molecule has 3 saturated carbocycles. The Morgan fingerprint density at radius 2 is 1.70 bits per heavy atom. The molecule has 7 nitrogen and oxygen atoms in total. The van der Waals surface area contributed by atoms with Gasteiger partial charge in [-0.2, -0.15) is 0 Å². The Hall–Kier alpha value is -3.19. The maximum Gasteiger partial charge on any atom is 0.190 e. The van der Waals surface area contributed by atoms with Gasteiger partial charge in [0.05, 0.1) is 11.5 Å². The highest BCUT2D eigenvalue weighted by molar-refractivity contribution is 6.32. The Kier molecular flexibility index (Phi) is 6.88. The van der Waals surface area contributed by atoms with Crippen LogP contribution in [0.5, 0.6) is 5.75 Å². The number of allylic oxidation sites excluding steroid dienone is 4. The fourth-order valence-electron chi connectivity index (χ4n) is 9.93. The van der Waals surface area contributed by atoms with E-state index in [1.165, 1.54) is 37.3 Å². The van der Waals surface area contributed by atoms with Crippen molar-refractivity contribution in [2.45, 2.75) is 91.6 Å². The first-order chi connectivity index (χ1) is 20.2. The van der Waals surface area contributed by atoms with Crippen molar-refractivity contribution in [1.29, 1.82) is 0 Å². The van der Waals surface area contributed by atoms with Gasteiger partial charge in [0.15, 0.2) is 28.7 Å². The molecule has 1 aromatic carbocycles. The van der Waals surface area contributed by atoms with Gasteiger partial charge in [0.2, 0.25) is 0 Å². The first-order valence-corrected chi connectivity index (χ1v) is 15.8. The van der Waals surface area contributed by atoms with Crippen LogP contribution in [0, 0.1) is 40.4 Å². The maximum atomic E-state index is 14.4. The standard InChI is InChI=1S/C36H42O7/c1-18(2)28-30(39)26(19(3)37)32(41)36(43)33(42)29-31(40)27-24(16-34(29,4)17-35(28,36)5)23(12-13-25(27)38)22-11-10-21(15-22)14-20-8-6-7-9-20/h10-13,18,20,26,28-29,38,43H,6-9,14-17H2,1-5H3/t26?,28?,29?,34-,35-,36+/m1/s1. The molecule has 228 valence electrons. The number of phenolic OH excluding ortho intramolecular Hbond substituents is 1. The third kappa shape index (κ3) is 4.06. The number of benzene rings is 1. The molecule has 3 unspecified atom stereocenters. The van der Waals surface area contributed by atoms with Crippen molar-refractivity contribution < 1.29 is 34.2 Å². The first-order valence-electron chi connectivity index (χ1n) is 15.8. The average Bonchev–Trinajstić information content (AvgIpc) is 3.58. The zero-order chi connectivity index (χ0) is 31.2. The summed E-state index contributed by atoms with van der Waals surface area (Å²) in [5, 5.41) is 23.1. The first kappa shape index (κ1) is 29.9. The predicted molar refractivity (Wildman–Crippen MR) is 160 cm³/mol. The van der Waals surface area contributed by atoms with Crippen molar-refractivity contribution >= 4 is 34.5 Å². The third-order valence-electron chi connectivity index (χ3n) is 11.6. The zero-order valence-electron chi connectivity index (χ0n) is 25.8. The molecule has 6 atom stereocenters. The van der Waals surface area contributed by atoms with Gasteiger partial charge >= 0.3 is 0 Å². The number of rotatable bonds is 5. The van der Waals surface area contributed by atoms with Crippen LogP contribution in [0.2, 0.25) is 0 Å². The van der Waals surface area contributed by atoms with Crippen molar-refractivity contribution in [1.82, 2.24) is 0 Å². The number of carbonyl (C=O) groups is 5. The molecule has 0 spiro atoms. The molecule has 6 rings (SSSR count). The number of carbonyl (C=O) groups excluding carboxylic acids is 5. The van der Waals surface area contributed by atoms with Gasteiger partial charge in [0, 0.05) is 11.3 Å². The monoisotopic (exact) mass is 586 g/mol. The van der Waals surface area contributed by atoms with E-state index in [-0.39, 0.29) is 30.1 Å². The number of ketones is 5. The van der Waals surface area contributed by atoms with E-state index in [9.17, 15) is 34.2 Å². The summed E-state index contributed by atoms with van der Waals surface area (Å²) in [6, 6.07) is 3.33. The van der Waals surface area contributed by atoms with E-state index < -0.39 is 63.1 Å². The predicted octanol–water partition coefficient (Wildman–Crippen LogP) is 5.39. The summed E-state index contributed by atoms with van der Waals surface area (Å²) in [6.07, 6.45) is 11.5. The molecule has 5 aliphatic rings. The molecular weight excluding hydrogens is 544 g/mol. The summed E-state index contributed by atoms with van der Waals surface area (Å²) < 4.78 is 0. The van der Waals surface area contributed by atoms with Crippen molar-refractivity contribution in [3.05, 3.63) is 46.5 Å². The van der Waals surface area contributed by atoms with Crippen LogP contribution in [-0.4, -0.2) is 44.7 Å². The largest absolute Gasteiger partial charge is 0.507 e. The molecule has 0 aromatic heterocycles. The molecule has 2 N–H and O–H groups in total. The van der Waals surface area contributed by atoms with Crippen LogP contribution in [0.3, 0.4) is 0 Å². The van der Waals surface area contributed by atoms with E-state index in [4.69, 9.17) is 0 Å². The third-order valence-corrected chi connectivity index (χ3v) is 11.6. The molecule has 0 aliphatic heterocycles. The van der Waals surface area contributed by atoms with Gasteiger partial charge in [-0.25, -0.2) is 0 Å². The number of fused-ring (bicyclic) bond motifs is 3. The van der Waals surface area contributed by atoms with Crippen LogP contribution < -0.4 is 0 Å². The molecule has 0 bridgehead atoms. The lowest BCUT2D eigenvalue weighted by Gasteiger charge is -2.61. The Bertz CT molecular complexity index is 1540. The molecule has 0 saturated heterocycles. The number of hydrogen-bond donors (Lipinski definition) is 2. The van der Waals surface area contributed by atoms with Crippen molar-refractivity contribution in [2.75, 3.05) is 0 Å². The van der Waals surface area contributed by atoms with E-state index in [1.54, 1.807) is 20.8 Å². The Morgan fingerprint density at radius 3 is 2.33 bits per heavy atom. The van der Waals surface area contributed by atoms with E-state index >= 15 is 0 Å². The summed E-state index contributed by atoms with van der Waals surface area (Å²) >= 11 is 0. The molecule has 7 heteroatoms. The maximum absolute atomic E-state index is 14.4. The van der Waals surface area contributed by atoms with Crippen molar-refractivity contribution in [2.24, 2.45) is 40.4 Å². The van der Waals surface area contributed by atoms with E-state index in [1.807, 2.05) is 13.0 Å². The Balaban J connectivity index is 1.43. The average molecular weight is 587 g/mol. The lowest BCUT2D eigenvalue weighted by atomic mass is 9.40. The van der Waals surface area contributed by atoms with Crippen LogP contribution in [0.25, 0.3) is 5.57 Å². The molecule has 0 radical (unpaired) electrons. The molecule has 0 amide bonds. The minimum atomic E-state index is -2.68. The van der Waals surface area contributed by atoms with Gasteiger partial charge in [-0.15, -0.1) is 0 Å². The van der Waals surface area contributed by atoms with Gasteiger partial charge in [0.25, 0.3) is 0 Å². The lowest BCUT2D eigenvalue weighted by Crippen LogP contribution is -2.76. The number of phenols is 1. The summed E-state index contributed by atoms with van der Waals surface area (Å²) in [4.78, 5) is 68.8. The quantitative estimate of drug-likeness (QED) is 0.443. The van der Waals surface area contributed by atoms with Gasteiger partial charge in [-0.05, 0) is 72.6 Å². The highest BCUT2D eigenvalue weighted by Crippen LogP contribution is 2.64. The number of aromatic hydroxyl groups is 1. The van der Waals surface area contributed by atoms with Crippen molar-refractivity contribution in [3.63, 3.8) is 0 Å². The number of Topliss-reactive ketones (excluding diaryl/α,β-unsaturated/α-hetero) is 5. The van der Waals surface area contributed by atoms with E-state index in [2.05, 4.69) is 12.2 Å². The van der Waals surface area contributed by atoms with Crippen LogP contribution >= 0.6 is 0 Å². The molecule has 3 fully saturated rings. The molecule has 0 heterocycles. The molecule has 1 aromatic rings. The molecule has 43 heavy (non-hydrogen) atoms. The van der Waals surface area contributed by atoms with Gasteiger partial charge in [-0.1, -0.05) is 77.2 Å². The van der Waals surface area contributed by atoms with Crippen LogP contribution in [0.1, 0.15) is 101 Å². The minimum absolute atomic E-state index is 0.0579. The van der Waals surface area contributed by atoms with Crippen LogP contribution in [0.4, 0.5) is 0 Å². The second kappa shape index (κ2) is 9.91. The summed E-state index contributed by atoms with van der Waals surface area (Å²) in [7, 11) is 0. The summed E-state index contributed by atoms with van der Waals surface area (Å²) in [6.45, 7) is 8.13.